The van der Waals surface area contributed by atoms with Gasteiger partial charge in [0.25, 0.3) is 0 Å². The number of allylic oxidation sites excluding steroid dienone is 1. The van der Waals surface area contributed by atoms with Crippen molar-refractivity contribution in [3.63, 3.8) is 0 Å². The molecular weight excluding hydrogens is 115 g/mol. The number of hydrogen-bond donors (Lipinski definition) is 0. The maximum atomic E-state index is 10.0. The largest absolute Gasteiger partial charge is 1.00 e. The molecule has 0 rings (SSSR count). The van der Waals surface area contributed by atoms with E-state index in [9.17, 15) is 5.11 Å². The summed E-state index contributed by atoms with van der Waals surface area (Å²) in [6, 6.07) is 0. The summed E-state index contributed by atoms with van der Waals surface area (Å²) in [4.78, 5) is 0. The van der Waals surface area contributed by atoms with Gasteiger partial charge in [0.15, 0.2) is 0 Å². The summed E-state index contributed by atoms with van der Waals surface area (Å²) in [6.45, 7) is 3.45. The fourth-order valence-electron chi connectivity index (χ4n) is 0.271. The molecule has 2 heteroatoms. The molecule has 0 saturated carbocycles. The molecule has 1 atom stereocenters. The van der Waals surface area contributed by atoms with E-state index in [1.807, 2.05) is 6.92 Å². The molecule has 0 amide bonds. The number of hydrogen-bond acceptors (Lipinski definition) is 1. The molecule has 0 aliphatic carbocycles. The molecule has 0 radical (unpaired) electrons. The molecule has 0 bridgehead atoms. The first kappa shape index (κ1) is 11.2. The van der Waals surface area contributed by atoms with Gasteiger partial charge in [-0.25, -0.2) is 0 Å². The Morgan fingerprint density at radius 2 is 2.00 bits per heavy atom. The van der Waals surface area contributed by atoms with Crippen LogP contribution in [0.3, 0.4) is 0 Å². The Labute approximate surface area is 87.2 Å². The second kappa shape index (κ2) is 7.34. The van der Waals surface area contributed by atoms with Gasteiger partial charge in [-0.1, -0.05) is 13.0 Å². The summed E-state index contributed by atoms with van der Waals surface area (Å²) in [5.74, 6) is 0. The molecule has 1 unspecified atom stereocenters. The molecule has 0 spiro atoms. The van der Waals surface area contributed by atoms with Crippen LogP contribution in [0.1, 0.15) is 13.8 Å². The van der Waals surface area contributed by atoms with E-state index in [4.69, 9.17) is 0 Å². The molecular formula is C5H9KO. The Hall–Kier alpha value is 1.34. The normalized spacial score (nSPS) is 13.6. The van der Waals surface area contributed by atoms with E-state index >= 15 is 0 Å². The topological polar surface area (TPSA) is 23.1 Å². The third-order valence-electron chi connectivity index (χ3n) is 0.463. The van der Waals surface area contributed by atoms with Crippen molar-refractivity contribution in [2.24, 2.45) is 0 Å². The van der Waals surface area contributed by atoms with E-state index in [-0.39, 0.29) is 51.4 Å². The van der Waals surface area contributed by atoms with Gasteiger partial charge in [-0.2, -0.15) is 0 Å². The van der Waals surface area contributed by atoms with Gasteiger partial charge in [-0.15, -0.1) is 12.2 Å². The Bertz CT molecular complexity index is 50.0. The summed E-state index contributed by atoms with van der Waals surface area (Å²) >= 11 is 0. The minimum atomic E-state index is -0.532. The van der Waals surface area contributed by atoms with Gasteiger partial charge in [0, 0.05) is 0 Å². The predicted molar refractivity (Wildman–Crippen MR) is 24.3 cm³/mol. The third kappa shape index (κ3) is 11.1. The van der Waals surface area contributed by atoms with Crippen LogP contribution in [0.4, 0.5) is 0 Å². The van der Waals surface area contributed by atoms with Crippen molar-refractivity contribution in [1.29, 1.82) is 0 Å². The quantitative estimate of drug-likeness (QED) is 0.276. The van der Waals surface area contributed by atoms with E-state index in [1.165, 1.54) is 0 Å². The Balaban J connectivity index is 0. The Morgan fingerprint density at radius 3 is 2.00 bits per heavy atom. The van der Waals surface area contributed by atoms with Gasteiger partial charge < -0.3 is 5.11 Å². The molecule has 0 aromatic rings. The van der Waals surface area contributed by atoms with Gasteiger partial charge in [-0.05, 0) is 6.92 Å². The minimum absolute atomic E-state index is 0. The first-order valence-electron chi connectivity index (χ1n) is 2.06. The van der Waals surface area contributed by atoms with Crippen LogP contribution in [-0.2, 0) is 0 Å². The zero-order chi connectivity index (χ0) is 4.99. The SMILES string of the molecule is C/C=C/C(C)[O-].[K+]. The first-order chi connectivity index (χ1) is 2.77. The van der Waals surface area contributed by atoms with Crippen LogP contribution in [-0.4, -0.2) is 6.10 Å². The van der Waals surface area contributed by atoms with E-state index in [1.54, 1.807) is 19.1 Å². The zero-order valence-corrected chi connectivity index (χ0v) is 8.26. The molecule has 0 aliphatic heterocycles. The predicted octanol–water partition coefficient (Wildman–Crippen LogP) is -2.68. The van der Waals surface area contributed by atoms with Crippen LogP contribution in [0.2, 0.25) is 0 Å². The van der Waals surface area contributed by atoms with Crippen molar-refractivity contribution in [1.82, 2.24) is 0 Å². The van der Waals surface area contributed by atoms with Crippen molar-refractivity contribution < 1.29 is 56.5 Å². The Morgan fingerprint density at radius 1 is 1.57 bits per heavy atom. The Kier molecular flexibility index (Phi) is 11.7. The molecule has 36 valence electrons. The van der Waals surface area contributed by atoms with E-state index in [0.717, 1.165) is 0 Å². The van der Waals surface area contributed by atoms with Gasteiger partial charge in [0.2, 0.25) is 0 Å². The van der Waals surface area contributed by atoms with E-state index in [2.05, 4.69) is 0 Å². The fraction of sp³-hybridized carbons (Fsp3) is 0.600. The van der Waals surface area contributed by atoms with Crippen molar-refractivity contribution in [3.8, 4) is 0 Å². The van der Waals surface area contributed by atoms with Gasteiger partial charge in [-0.3, -0.25) is 0 Å². The summed E-state index contributed by atoms with van der Waals surface area (Å²) in [5.41, 5.74) is 0. The second-order valence-corrected chi connectivity index (χ2v) is 1.23. The number of rotatable bonds is 1. The van der Waals surface area contributed by atoms with Crippen molar-refractivity contribution in [2.75, 3.05) is 0 Å². The first-order valence-corrected chi connectivity index (χ1v) is 2.06. The van der Waals surface area contributed by atoms with Crippen LogP contribution in [0.5, 0.6) is 0 Å². The van der Waals surface area contributed by atoms with Crippen LogP contribution < -0.4 is 56.5 Å². The van der Waals surface area contributed by atoms with Crippen LogP contribution >= 0.6 is 0 Å². The molecule has 0 aliphatic rings. The molecule has 1 nitrogen and oxygen atoms in total. The fourth-order valence-corrected chi connectivity index (χ4v) is 0.271. The zero-order valence-electron chi connectivity index (χ0n) is 5.14. The van der Waals surface area contributed by atoms with Crippen molar-refractivity contribution >= 4 is 0 Å². The molecule has 0 aromatic heterocycles. The maximum absolute atomic E-state index is 10.0. The summed E-state index contributed by atoms with van der Waals surface area (Å²) < 4.78 is 0. The molecule has 0 N–H and O–H groups in total. The van der Waals surface area contributed by atoms with E-state index < -0.39 is 6.10 Å². The summed E-state index contributed by atoms with van der Waals surface area (Å²) in [6.07, 6.45) is 2.84. The van der Waals surface area contributed by atoms with Gasteiger partial charge >= 0.3 is 51.4 Å². The van der Waals surface area contributed by atoms with Crippen LogP contribution in [0.15, 0.2) is 12.2 Å². The summed E-state index contributed by atoms with van der Waals surface area (Å²) in [7, 11) is 0. The molecule has 7 heavy (non-hydrogen) atoms. The standard InChI is InChI=1S/C5H9O.K/c1-3-4-5(2)6;/h3-5H,1-2H3;/q-1;+1/b4-3+;. The summed E-state index contributed by atoms with van der Waals surface area (Å²) in [5, 5.41) is 10.0. The van der Waals surface area contributed by atoms with E-state index in [0.29, 0.717) is 0 Å². The van der Waals surface area contributed by atoms with Crippen LogP contribution in [0, 0.1) is 0 Å². The maximum Gasteiger partial charge on any atom is 1.00 e. The molecule has 0 heterocycles. The van der Waals surface area contributed by atoms with Gasteiger partial charge in [0.1, 0.15) is 0 Å². The van der Waals surface area contributed by atoms with Crippen molar-refractivity contribution in [2.45, 2.75) is 20.0 Å². The third-order valence-corrected chi connectivity index (χ3v) is 0.463. The average Bonchev–Trinajstić information content (AvgIpc) is 1.35. The molecule has 0 aromatic carbocycles. The van der Waals surface area contributed by atoms with Gasteiger partial charge in [0.05, 0.1) is 0 Å². The average molecular weight is 124 g/mol. The van der Waals surface area contributed by atoms with Crippen molar-refractivity contribution in [3.05, 3.63) is 12.2 Å². The monoisotopic (exact) mass is 124 g/mol. The minimum Gasteiger partial charge on any atom is -0.849 e. The molecule has 0 fully saturated rings. The second-order valence-electron chi connectivity index (χ2n) is 1.23. The molecule has 0 saturated heterocycles. The smallest absolute Gasteiger partial charge is 0.849 e. The van der Waals surface area contributed by atoms with Crippen LogP contribution in [0.25, 0.3) is 0 Å².